The van der Waals surface area contributed by atoms with Gasteiger partial charge in [-0.2, -0.15) is 0 Å². The summed E-state index contributed by atoms with van der Waals surface area (Å²) in [6, 6.07) is 5.60. The maximum atomic E-state index is 10.3. The lowest BCUT2D eigenvalue weighted by Gasteiger charge is -1.93. The minimum absolute atomic E-state index is 0.446. The monoisotopic (exact) mass is 193 g/mol. The smallest absolute Gasteiger partial charge is 0.124 e. The lowest BCUT2D eigenvalue weighted by molar-refractivity contribution is -0.107. The van der Waals surface area contributed by atoms with E-state index in [4.69, 9.17) is 11.6 Å². The normalized spacial score (nSPS) is 10.5. The average Bonchev–Trinajstić information content (AvgIpc) is 2.49. The number of benzene rings is 1. The van der Waals surface area contributed by atoms with Crippen LogP contribution >= 0.6 is 11.6 Å². The van der Waals surface area contributed by atoms with E-state index in [2.05, 4.69) is 4.98 Å². The van der Waals surface area contributed by atoms with E-state index in [1.54, 1.807) is 0 Å². The highest BCUT2D eigenvalue weighted by molar-refractivity contribution is 6.31. The zero-order valence-corrected chi connectivity index (χ0v) is 7.64. The first-order valence-electron chi connectivity index (χ1n) is 4.00. The number of aromatic amines is 1. The number of H-pyrrole nitrogens is 1. The highest BCUT2D eigenvalue weighted by Gasteiger charge is 2.02. The fourth-order valence-electron chi connectivity index (χ4n) is 1.42. The van der Waals surface area contributed by atoms with Crippen LogP contribution < -0.4 is 0 Å². The molecule has 0 fully saturated rings. The third-order valence-corrected chi connectivity index (χ3v) is 2.27. The first-order valence-corrected chi connectivity index (χ1v) is 4.38. The van der Waals surface area contributed by atoms with Crippen molar-refractivity contribution in [2.24, 2.45) is 0 Å². The molecule has 0 radical (unpaired) electrons. The minimum Gasteiger partial charge on any atom is -0.361 e. The molecule has 1 aromatic carbocycles. The second kappa shape index (κ2) is 3.23. The van der Waals surface area contributed by atoms with Gasteiger partial charge in [0.1, 0.15) is 6.29 Å². The van der Waals surface area contributed by atoms with Crippen LogP contribution in [0.2, 0.25) is 5.02 Å². The van der Waals surface area contributed by atoms with Crippen molar-refractivity contribution in [1.82, 2.24) is 4.98 Å². The molecular formula is C10H8ClNO. The second-order valence-corrected chi connectivity index (χ2v) is 3.31. The van der Waals surface area contributed by atoms with Crippen LogP contribution in [0.5, 0.6) is 0 Å². The van der Waals surface area contributed by atoms with E-state index in [0.717, 1.165) is 22.8 Å². The molecule has 3 heteroatoms. The molecule has 0 saturated carbocycles. The molecule has 1 N–H and O–H groups in total. The minimum atomic E-state index is 0.446. The van der Waals surface area contributed by atoms with Gasteiger partial charge in [0, 0.05) is 28.5 Å². The molecule has 0 spiro atoms. The van der Waals surface area contributed by atoms with Gasteiger partial charge in [-0.05, 0) is 17.7 Å². The molecule has 0 saturated heterocycles. The van der Waals surface area contributed by atoms with Crippen molar-refractivity contribution in [2.75, 3.05) is 0 Å². The standard InChI is InChI=1S/C10H8ClNO/c11-8-1-2-9-7(3-4-13)6-12-10(9)5-8/h1-2,4-6,12H,3H2. The predicted octanol–water partition coefficient (Wildman–Crippen LogP) is 2.56. The Labute approximate surface area is 80.5 Å². The lowest BCUT2D eigenvalue weighted by atomic mass is 10.1. The summed E-state index contributed by atoms with van der Waals surface area (Å²) in [4.78, 5) is 13.4. The van der Waals surface area contributed by atoms with Crippen molar-refractivity contribution in [2.45, 2.75) is 6.42 Å². The van der Waals surface area contributed by atoms with Crippen LogP contribution in [0.15, 0.2) is 24.4 Å². The summed E-state index contributed by atoms with van der Waals surface area (Å²) in [5.41, 5.74) is 1.99. The fraction of sp³-hybridized carbons (Fsp3) is 0.100. The summed E-state index contributed by atoms with van der Waals surface area (Å²) in [6.45, 7) is 0. The van der Waals surface area contributed by atoms with Crippen molar-refractivity contribution in [1.29, 1.82) is 0 Å². The van der Waals surface area contributed by atoms with Gasteiger partial charge in [-0.3, -0.25) is 0 Å². The summed E-state index contributed by atoms with van der Waals surface area (Å²) < 4.78 is 0. The van der Waals surface area contributed by atoms with Crippen molar-refractivity contribution >= 4 is 28.8 Å². The van der Waals surface area contributed by atoms with E-state index in [9.17, 15) is 4.79 Å². The number of fused-ring (bicyclic) bond motifs is 1. The van der Waals surface area contributed by atoms with Crippen molar-refractivity contribution in [3.05, 3.63) is 35.0 Å². The number of rotatable bonds is 2. The Hall–Kier alpha value is -1.28. The topological polar surface area (TPSA) is 32.9 Å². The molecule has 66 valence electrons. The Morgan fingerprint density at radius 2 is 2.31 bits per heavy atom. The number of hydrogen-bond donors (Lipinski definition) is 1. The molecule has 1 heterocycles. The van der Waals surface area contributed by atoms with E-state index in [0.29, 0.717) is 11.4 Å². The maximum absolute atomic E-state index is 10.3. The number of aromatic nitrogens is 1. The van der Waals surface area contributed by atoms with Gasteiger partial charge < -0.3 is 9.78 Å². The number of carbonyl (C=O) groups is 1. The van der Waals surface area contributed by atoms with Crippen molar-refractivity contribution in [3.8, 4) is 0 Å². The first-order chi connectivity index (χ1) is 6.31. The fourth-order valence-corrected chi connectivity index (χ4v) is 1.59. The van der Waals surface area contributed by atoms with Crippen molar-refractivity contribution < 1.29 is 4.79 Å². The largest absolute Gasteiger partial charge is 0.361 e. The Morgan fingerprint density at radius 3 is 3.08 bits per heavy atom. The second-order valence-electron chi connectivity index (χ2n) is 2.87. The molecule has 2 aromatic rings. The molecule has 13 heavy (non-hydrogen) atoms. The molecule has 0 atom stereocenters. The number of nitrogens with one attached hydrogen (secondary N) is 1. The van der Waals surface area contributed by atoms with E-state index in [1.807, 2.05) is 24.4 Å². The van der Waals surface area contributed by atoms with Gasteiger partial charge in [-0.15, -0.1) is 0 Å². The summed E-state index contributed by atoms with van der Waals surface area (Å²) in [5.74, 6) is 0. The van der Waals surface area contributed by atoms with E-state index < -0.39 is 0 Å². The maximum Gasteiger partial charge on any atom is 0.124 e. The van der Waals surface area contributed by atoms with E-state index >= 15 is 0 Å². The van der Waals surface area contributed by atoms with Crippen LogP contribution in [-0.4, -0.2) is 11.3 Å². The summed E-state index contributed by atoms with van der Waals surface area (Å²) in [6.07, 6.45) is 3.19. The van der Waals surface area contributed by atoms with E-state index in [1.165, 1.54) is 0 Å². The molecule has 0 aliphatic rings. The number of halogens is 1. The highest BCUT2D eigenvalue weighted by atomic mass is 35.5. The molecule has 0 unspecified atom stereocenters. The van der Waals surface area contributed by atoms with Gasteiger partial charge in [0.2, 0.25) is 0 Å². The molecule has 0 amide bonds. The van der Waals surface area contributed by atoms with Crippen LogP contribution in [0.3, 0.4) is 0 Å². The van der Waals surface area contributed by atoms with Crippen molar-refractivity contribution in [3.63, 3.8) is 0 Å². The van der Waals surface area contributed by atoms with Crippen LogP contribution in [0, 0.1) is 0 Å². The molecule has 2 nitrogen and oxygen atoms in total. The third kappa shape index (κ3) is 1.45. The molecule has 1 aromatic heterocycles. The third-order valence-electron chi connectivity index (χ3n) is 2.03. The quantitative estimate of drug-likeness (QED) is 0.731. The molecule has 2 rings (SSSR count). The number of aldehydes is 1. The van der Waals surface area contributed by atoms with Gasteiger partial charge in [-0.25, -0.2) is 0 Å². The molecule has 0 aliphatic carbocycles. The summed E-state index contributed by atoms with van der Waals surface area (Å²) in [7, 11) is 0. The zero-order chi connectivity index (χ0) is 9.26. The molecular weight excluding hydrogens is 186 g/mol. The van der Waals surface area contributed by atoms with Crippen LogP contribution in [0.25, 0.3) is 10.9 Å². The lowest BCUT2D eigenvalue weighted by Crippen LogP contribution is -1.81. The Kier molecular flexibility index (Phi) is 2.07. The first kappa shape index (κ1) is 8.32. The van der Waals surface area contributed by atoms with Gasteiger partial charge >= 0.3 is 0 Å². The van der Waals surface area contributed by atoms with Gasteiger partial charge in [-0.1, -0.05) is 17.7 Å². The van der Waals surface area contributed by atoms with Gasteiger partial charge in [0.05, 0.1) is 0 Å². The number of carbonyl (C=O) groups excluding carboxylic acids is 1. The van der Waals surface area contributed by atoms with E-state index in [-0.39, 0.29) is 0 Å². The number of hydrogen-bond acceptors (Lipinski definition) is 1. The van der Waals surface area contributed by atoms with Gasteiger partial charge in [0.25, 0.3) is 0 Å². The summed E-state index contributed by atoms with van der Waals surface area (Å²) in [5, 5.41) is 1.77. The Balaban J connectivity index is 2.61. The summed E-state index contributed by atoms with van der Waals surface area (Å²) >= 11 is 5.82. The highest BCUT2D eigenvalue weighted by Crippen LogP contribution is 2.21. The predicted molar refractivity (Wildman–Crippen MR) is 53.1 cm³/mol. The average molecular weight is 194 g/mol. The Morgan fingerprint density at radius 1 is 1.46 bits per heavy atom. The zero-order valence-electron chi connectivity index (χ0n) is 6.88. The Bertz CT molecular complexity index is 447. The molecule has 0 aliphatic heterocycles. The SMILES string of the molecule is O=CCc1c[nH]c2cc(Cl)ccc12. The van der Waals surface area contributed by atoms with Crippen LogP contribution in [0.4, 0.5) is 0 Å². The molecule has 0 bridgehead atoms. The van der Waals surface area contributed by atoms with Crippen LogP contribution in [-0.2, 0) is 11.2 Å². The van der Waals surface area contributed by atoms with Crippen LogP contribution in [0.1, 0.15) is 5.56 Å². The van der Waals surface area contributed by atoms with Gasteiger partial charge in [0.15, 0.2) is 0 Å².